The van der Waals surface area contributed by atoms with Gasteiger partial charge in [0.1, 0.15) is 17.1 Å². The smallest absolute Gasteiger partial charge is 0.343 e. The largest absolute Gasteiger partial charge is 0.507 e. The number of benzene rings is 2. The van der Waals surface area contributed by atoms with Crippen molar-refractivity contribution in [2.45, 2.75) is 12.5 Å². The Balaban J connectivity index is 1.77. The summed E-state index contributed by atoms with van der Waals surface area (Å²) in [6.07, 6.45) is -1.32. The summed E-state index contributed by atoms with van der Waals surface area (Å²) in [6.45, 7) is 0. The predicted molar refractivity (Wildman–Crippen MR) is 88.4 cm³/mol. The Labute approximate surface area is 141 Å². The summed E-state index contributed by atoms with van der Waals surface area (Å²) in [7, 11) is 0. The Morgan fingerprint density at radius 3 is 2.56 bits per heavy atom. The second-order valence-corrected chi connectivity index (χ2v) is 5.93. The molecule has 0 aliphatic carbocycles. The number of aliphatic hydroxyl groups is 1. The van der Waals surface area contributed by atoms with Crippen LogP contribution in [0.2, 0.25) is 0 Å². The van der Waals surface area contributed by atoms with Crippen molar-refractivity contribution < 1.29 is 24.2 Å². The normalized spacial score (nSPS) is 19.5. The first-order chi connectivity index (χ1) is 12.1. The lowest BCUT2D eigenvalue weighted by Crippen LogP contribution is -2.34. The highest BCUT2D eigenvalue weighted by Gasteiger charge is 2.38. The third-order valence-corrected chi connectivity index (χ3v) is 4.43. The molecule has 0 unspecified atom stereocenters. The van der Waals surface area contributed by atoms with Gasteiger partial charge in [0.25, 0.3) is 0 Å². The van der Waals surface area contributed by atoms with Crippen LogP contribution in [0.15, 0.2) is 57.7 Å². The number of esters is 1. The number of hydrogen-bond donors (Lipinski definition) is 2. The first-order valence-corrected chi connectivity index (χ1v) is 7.78. The van der Waals surface area contributed by atoms with Crippen molar-refractivity contribution in [3.63, 3.8) is 0 Å². The van der Waals surface area contributed by atoms with E-state index >= 15 is 0 Å². The van der Waals surface area contributed by atoms with Crippen molar-refractivity contribution in [3.05, 3.63) is 70.1 Å². The van der Waals surface area contributed by atoms with Crippen LogP contribution < -0.4 is 10.4 Å². The summed E-state index contributed by atoms with van der Waals surface area (Å²) in [4.78, 5) is 24.5. The SMILES string of the molecule is O=C1Oc2ccccc2[C@H](O)[C@@H]1Cc1c(O)c2ccccc2oc1=O. The molecule has 4 rings (SSSR count). The van der Waals surface area contributed by atoms with E-state index in [4.69, 9.17) is 9.15 Å². The third-order valence-electron chi connectivity index (χ3n) is 4.43. The standard InChI is InChI=1S/C19H14O6/c20-16-10-5-1-3-7-14(10)24-18(22)12(16)9-13-17(21)11-6-2-4-8-15(11)25-19(13)23/h1-8,12,16,20-21H,9H2/t12-,16-/m0/s1. The highest BCUT2D eigenvalue weighted by molar-refractivity contribution is 5.84. The van der Waals surface area contributed by atoms with Crippen molar-refractivity contribution in [2.75, 3.05) is 0 Å². The lowest BCUT2D eigenvalue weighted by molar-refractivity contribution is -0.145. The molecular weight excluding hydrogens is 324 g/mol. The molecule has 0 saturated heterocycles. The molecule has 6 heteroatoms. The predicted octanol–water partition coefficient (Wildman–Crippen LogP) is 2.31. The minimum Gasteiger partial charge on any atom is -0.507 e. The lowest BCUT2D eigenvalue weighted by atomic mass is 9.87. The van der Waals surface area contributed by atoms with Gasteiger partial charge >= 0.3 is 11.6 Å². The molecule has 126 valence electrons. The van der Waals surface area contributed by atoms with Crippen molar-refractivity contribution in [2.24, 2.45) is 5.92 Å². The van der Waals surface area contributed by atoms with Crippen LogP contribution in [0.25, 0.3) is 11.0 Å². The van der Waals surface area contributed by atoms with Gasteiger partial charge in [-0.2, -0.15) is 0 Å². The van der Waals surface area contributed by atoms with Crippen LogP contribution in [0.3, 0.4) is 0 Å². The molecule has 0 saturated carbocycles. The van der Waals surface area contributed by atoms with Gasteiger partial charge in [0.15, 0.2) is 0 Å². The number of carbonyl (C=O) groups is 1. The van der Waals surface area contributed by atoms with Crippen molar-refractivity contribution in [1.29, 1.82) is 0 Å². The van der Waals surface area contributed by atoms with Crippen LogP contribution in [-0.2, 0) is 11.2 Å². The van der Waals surface area contributed by atoms with Crippen molar-refractivity contribution >= 4 is 16.9 Å². The molecule has 0 radical (unpaired) electrons. The van der Waals surface area contributed by atoms with Gasteiger partial charge in [-0.25, -0.2) is 4.79 Å². The van der Waals surface area contributed by atoms with Crippen molar-refractivity contribution in [3.8, 4) is 11.5 Å². The summed E-state index contributed by atoms with van der Waals surface area (Å²) in [5, 5.41) is 21.3. The Morgan fingerprint density at radius 2 is 1.72 bits per heavy atom. The van der Waals surface area contributed by atoms with Gasteiger partial charge in [0.2, 0.25) is 0 Å². The molecule has 0 fully saturated rings. The summed E-state index contributed by atoms with van der Waals surface area (Å²) < 4.78 is 10.4. The van der Waals surface area contributed by atoms with Gasteiger partial charge in [0.05, 0.1) is 23.0 Å². The van der Waals surface area contributed by atoms with E-state index in [9.17, 15) is 19.8 Å². The second kappa shape index (κ2) is 5.75. The molecule has 3 aromatic rings. The number of hydrogen-bond acceptors (Lipinski definition) is 6. The molecule has 1 aromatic heterocycles. The van der Waals surface area contributed by atoms with Crippen LogP contribution >= 0.6 is 0 Å². The van der Waals surface area contributed by atoms with E-state index in [2.05, 4.69) is 0 Å². The zero-order valence-corrected chi connectivity index (χ0v) is 13.0. The number of carbonyl (C=O) groups excluding carboxylic acids is 1. The van der Waals surface area contributed by atoms with Gasteiger partial charge in [0, 0.05) is 5.56 Å². The molecular formula is C19H14O6. The number of rotatable bonds is 2. The number of aromatic hydroxyl groups is 1. The minimum atomic E-state index is -1.14. The average Bonchev–Trinajstić information content (AvgIpc) is 2.61. The van der Waals surface area contributed by atoms with E-state index in [1.54, 1.807) is 48.5 Å². The van der Waals surface area contributed by atoms with Crippen LogP contribution in [0.1, 0.15) is 17.2 Å². The maximum absolute atomic E-state index is 12.3. The molecule has 2 atom stereocenters. The van der Waals surface area contributed by atoms with Crippen LogP contribution in [0.4, 0.5) is 0 Å². The molecule has 1 aliphatic heterocycles. The summed E-state index contributed by atoms with van der Waals surface area (Å²) in [6, 6.07) is 13.2. The van der Waals surface area contributed by atoms with Crippen LogP contribution in [-0.4, -0.2) is 16.2 Å². The highest BCUT2D eigenvalue weighted by Crippen LogP contribution is 2.38. The first kappa shape index (κ1) is 15.4. The maximum atomic E-state index is 12.3. The average molecular weight is 338 g/mol. The first-order valence-electron chi connectivity index (χ1n) is 7.78. The lowest BCUT2D eigenvalue weighted by Gasteiger charge is -2.28. The third kappa shape index (κ3) is 2.47. The van der Waals surface area contributed by atoms with Crippen LogP contribution in [0.5, 0.6) is 11.5 Å². The maximum Gasteiger partial charge on any atom is 0.343 e. The summed E-state index contributed by atoms with van der Waals surface area (Å²) in [5.41, 5.74) is -0.0724. The molecule has 2 aromatic carbocycles. The zero-order chi connectivity index (χ0) is 17.6. The fourth-order valence-corrected chi connectivity index (χ4v) is 3.11. The molecule has 6 nitrogen and oxygen atoms in total. The number of aliphatic hydroxyl groups excluding tert-OH is 1. The number of fused-ring (bicyclic) bond motifs is 2. The van der Waals surface area contributed by atoms with Crippen molar-refractivity contribution in [1.82, 2.24) is 0 Å². The van der Waals surface area contributed by atoms with Crippen LogP contribution in [0, 0.1) is 5.92 Å². The van der Waals surface area contributed by atoms with Gasteiger partial charge in [-0.15, -0.1) is 0 Å². The Hall–Kier alpha value is -3.12. The Kier molecular flexibility index (Phi) is 3.54. The molecule has 0 bridgehead atoms. The van der Waals surface area contributed by atoms with E-state index in [0.29, 0.717) is 16.7 Å². The quantitative estimate of drug-likeness (QED) is 0.423. The minimum absolute atomic E-state index is 0.0564. The Bertz CT molecular complexity index is 1040. The van der Waals surface area contributed by atoms with Gasteiger partial charge in [-0.05, 0) is 24.6 Å². The van der Waals surface area contributed by atoms with E-state index in [1.165, 1.54) is 0 Å². The molecule has 2 N–H and O–H groups in total. The zero-order valence-electron chi connectivity index (χ0n) is 13.0. The number of ether oxygens (including phenoxy) is 1. The highest BCUT2D eigenvalue weighted by atomic mass is 16.5. The Morgan fingerprint density at radius 1 is 1.00 bits per heavy atom. The summed E-state index contributed by atoms with van der Waals surface area (Å²) >= 11 is 0. The van der Waals surface area contributed by atoms with E-state index < -0.39 is 23.6 Å². The molecule has 25 heavy (non-hydrogen) atoms. The molecule has 0 amide bonds. The summed E-state index contributed by atoms with van der Waals surface area (Å²) in [5.74, 6) is -1.61. The molecule has 0 spiro atoms. The molecule has 1 aliphatic rings. The molecule has 2 heterocycles. The number of para-hydroxylation sites is 2. The van der Waals surface area contributed by atoms with E-state index in [-0.39, 0.29) is 23.3 Å². The fraction of sp³-hybridized carbons (Fsp3) is 0.158. The monoisotopic (exact) mass is 338 g/mol. The van der Waals surface area contributed by atoms with Gasteiger partial charge in [-0.1, -0.05) is 30.3 Å². The second-order valence-electron chi connectivity index (χ2n) is 5.93. The van der Waals surface area contributed by atoms with Gasteiger partial charge in [-0.3, -0.25) is 4.79 Å². The van der Waals surface area contributed by atoms with E-state index in [1.807, 2.05) is 0 Å². The van der Waals surface area contributed by atoms with Gasteiger partial charge < -0.3 is 19.4 Å². The topological polar surface area (TPSA) is 97.0 Å². The van der Waals surface area contributed by atoms with E-state index in [0.717, 1.165) is 0 Å². The fourth-order valence-electron chi connectivity index (χ4n) is 3.11.